The number of aryl methyl sites for hydroxylation is 1. The first-order chi connectivity index (χ1) is 8.59. The summed E-state index contributed by atoms with van der Waals surface area (Å²) in [6.07, 6.45) is 1.27. The van der Waals surface area contributed by atoms with Crippen molar-refractivity contribution >= 4 is 23.3 Å². The number of hydrogen-bond acceptors (Lipinski definition) is 4. The molecule has 7 heteroatoms. The number of carboxylic acid groups (broad SMARTS) is 1. The number of urea groups is 1. The average Bonchev–Trinajstić information content (AvgIpc) is 2.94. The molecule has 2 rings (SSSR count). The highest BCUT2D eigenvalue weighted by atomic mass is 32.1. The fourth-order valence-electron chi connectivity index (χ4n) is 2.02. The SMILES string of the molecule is Cc1ncsc1CNC(=O)N1CCC[C@H]1C(=O)O. The number of carboxylic acids is 1. The zero-order valence-corrected chi connectivity index (χ0v) is 10.9. The van der Waals surface area contributed by atoms with Gasteiger partial charge in [0, 0.05) is 11.4 Å². The van der Waals surface area contributed by atoms with Crippen LogP contribution in [0.5, 0.6) is 0 Å². The Morgan fingerprint density at radius 3 is 3.06 bits per heavy atom. The van der Waals surface area contributed by atoms with Gasteiger partial charge in [0.1, 0.15) is 6.04 Å². The van der Waals surface area contributed by atoms with Crippen molar-refractivity contribution in [1.29, 1.82) is 0 Å². The van der Waals surface area contributed by atoms with E-state index >= 15 is 0 Å². The summed E-state index contributed by atoms with van der Waals surface area (Å²) in [6, 6.07) is -1.000. The van der Waals surface area contributed by atoms with E-state index in [1.807, 2.05) is 6.92 Å². The van der Waals surface area contributed by atoms with Crippen molar-refractivity contribution in [3.05, 3.63) is 16.1 Å². The van der Waals surface area contributed by atoms with Crippen LogP contribution in [-0.2, 0) is 11.3 Å². The van der Waals surface area contributed by atoms with Crippen LogP contribution in [0.1, 0.15) is 23.4 Å². The van der Waals surface area contributed by atoms with E-state index in [1.165, 1.54) is 16.2 Å². The second-order valence-corrected chi connectivity index (χ2v) is 5.15. The monoisotopic (exact) mass is 269 g/mol. The standard InChI is InChI=1S/C11H15N3O3S/c1-7-9(18-6-13-7)5-12-11(17)14-4-2-3-8(14)10(15)16/h6,8H,2-5H2,1H3,(H,12,17)(H,15,16)/t8-/m0/s1. The molecular weight excluding hydrogens is 254 g/mol. The zero-order valence-electron chi connectivity index (χ0n) is 10.0. The van der Waals surface area contributed by atoms with Crippen LogP contribution in [0.2, 0.25) is 0 Å². The summed E-state index contributed by atoms with van der Waals surface area (Å²) in [5.74, 6) is -0.934. The molecule has 1 aromatic heterocycles. The predicted octanol–water partition coefficient (Wildman–Crippen LogP) is 1.21. The molecule has 2 heterocycles. The Hall–Kier alpha value is -1.63. The molecule has 1 atom stereocenters. The highest BCUT2D eigenvalue weighted by Gasteiger charge is 2.33. The van der Waals surface area contributed by atoms with Gasteiger partial charge in [-0.1, -0.05) is 0 Å². The van der Waals surface area contributed by atoms with E-state index in [2.05, 4.69) is 10.3 Å². The van der Waals surface area contributed by atoms with Gasteiger partial charge in [0.2, 0.25) is 0 Å². The molecule has 2 N–H and O–H groups in total. The molecule has 0 aliphatic carbocycles. The lowest BCUT2D eigenvalue weighted by atomic mass is 10.2. The van der Waals surface area contributed by atoms with E-state index in [-0.39, 0.29) is 6.03 Å². The summed E-state index contributed by atoms with van der Waals surface area (Å²) in [5.41, 5.74) is 2.63. The number of carbonyl (C=O) groups excluding carboxylic acids is 1. The molecular formula is C11H15N3O3S. The predicted molar refractivity (Wildman–Crippen MR) is 66.5 cm³/mol. The first kappa shape index (κ1) is 12.8. The molecule has 1 saturated heterocycles. The van der Waals surface area contributed by atoms with Gasteiger partial charge in [0.15, 0.2) is 0 Å². The van der Waals surface area contributed by atoms with E-state index in [0.29, 0.717) is 19.5 Å². The van der Waals surface area contributed by atoms with Gasteiger partial charge in [-0.2, -0.15) is 0 Å². The highest BCUT2D eigenvalue weighted by Crippen LogP contribution is 2.18. The van der Waals surface area contributed by atoms with Crippen LogP contribution >= 0.6 is 11.3 Å². The number of thiazole rings is 1. The number of aromatic nitrogens is 1. The third-order valence-electron chi connectivity index (χ3n) is 3.04. The molecule has 2 amide bonds. The largest absolute Gasteiger partial charge is 0.480 e. The Morgan fingerprint density at radius 1 is 1.67 bits per heavy atom. The summed E-state index contributed by atoms with van der Waals surface area (Å²) in [7, 11) is 0. The molecule has 0 saturated carbocycles. The molecule has 6 nitrogen and oxygen atoms in total. The molecule has 0 spiro atoms. The van der Waals surface area contributed by atoms with Crippen LogP contribution in [0.4, 0.5) is 4.79 Å². The Labute approximate surface area is 109 Å². The maximum atomic E-state index is 11.9. The topological polar surface area (TPSA) is 82.5 Å². The van der Waals surface area contributed by atoms with Gasteiger partial charge in [-0.05, 0) is 19.8 Å². The smallest absolute Gasteiger partial charge is 0.326 e. The number of likely N-dealkylation sites (tertiary alicyclic amines) is 1. The minimum Gasteiger partial charge on any atom is -0.480 e. The zero-order chi connectivity index (χ0) is 13.1. The lowest BCUT2D eigenvalue weighted by Gasteiger charge is -2.21. The minimum atomic E-state index is -0.934. The van der Waals surface area contributed by atoms with Crippen LogP contribution in [0, 0.1) is 6.92 Å². The first-order valence-corrected chi connectivity index (χ1v) is 6.64. The maximum Gasteiger partial charge on any atom is 0.326 e. The lowest BCUT2D eigenvalue weighted by Crippen LogP contribution is -2.45. The fraction of sp³-hybridized carbons (Fsp3) is 0.545. The van der Waals surface area contributed by atoms with Gasteiger partial charge in [-0.15, -0.1) is 11.3 Å². The van der Waals surface area contributed by atoms with Crippen LogP contribution in [0.15, 0.2) is 5.51 Å². The quantitative estimate of drug-likeness (QED) is 0.864. The molecule has 0 radical (unpaired) electrons. The summed E-state index contributed by atoms with van der Waals surface area (Å²) in [5, 5.41) is 11.7. The van der Waals surface area contributed by atoms with Crippen molar-refractivity contribution in [2.24, 2.45) is 0 Å². The lowest BCUT2D eigenvalue weighted by molar-refractivity contribution is -0.141. The van der Waals surface area contributed by atoms with Crippen molar-refractivity contribution in [1.82, 2.24) is 15.2 Å². The molecule has 0 aromatic carbocycles. The maximum absolute atomic E-state index is 11.9. The minimum absolute atomic E-state index is 0.312. The summed E-state index contributed by atoms with van der Waals surface area (Å²) < 4.78 is 0. The number of amides is 2. The van der Waals surface area contributed by atoms with E-state index in [4.69, 9.17) is 5.11 Å². The van der Waals surface area contributed by atoms with Gasteiger partial charge in [-0.25, -0.2) is 14.6 Å². The number of hydrogen-bond donors (Lipinski definition) is 2. The summed E-state index contributed by atoms with van der Waals surface area (Å²) >= 11 is 1.48. The van der Waals surface area contributed by atoms with E-state index in [0.717, 1.165) is 17.0 Å². The molecule has 0 bridgehead atoms. The Morgan fingerprint density at radius 2 is 2.44 bits per heavy atom. The second kappa shape index (κ2) is 5.34. The Kier molecular flexibility index (Phi) is 3.81. The van der Waals surface area contributed by atoms with Crippen molar-refractivity contribution in [3.63, 3.8) is 0 Å². The van der Waals surface area contributed by atoms with Gasteiger partial charge in [-0.3, -0.25) is 0 Å². The number of nitrogens with one attached hydrogen (secondary N) is 1. The molecule has 0 unspecified atom stereocenters. The average molecular weight is 269 g/mol. The molecule has 98 valence electrons. The Bertz CT molecular complexity index is 460. The normalized spacial score (nSPS) is 18.9. The van der Waals surface area contributed by atoms with E-state index in [1.54, 1.807) is 5.51 Å². The molecule has 1 aliphatic heterocycles. The Balaban J connectivity index is 1.92. The van der Waals surface area contributed by atoms with Crippen molar-refractivity contribution in [2.75, 3.05) is 6.54 Å². The van der Waals surface area contributed by atoms with Crippen molar-refractivity contribution in [3.8, 4) is 0 Å². The first-order valence-electron chi connectivity index (χ1n) is 5.76. The van der Waals surface area contributed by atoms with Crippen molar-refractivity contribution in [2.45, 2.75) is 32.4 Å². The van der Waals surface area contributed by atoms with Crippen LogP contribution in [0.3, 0.4) is 0 Å². The van der Waals surface area contributed by atoms with E-state index in [9.17, 15) is 9.59 Å². The third kappa shape index (κ3) is 2.61. The van der Waals surface area contributed by atoms with Gasteiger partial charge in [0.05, 0.1) is 17.7 Å². The number of rotatable bonds is 3. The highest BCUT2D eigenvalue weighted by molar-refractivity contribution is 7.09. The number of aliphatic carboxylic acids is 1. The van der Waals surface area contributed by atoms with Gasteiger partial charge in [0.25, 0.3) is 0 Å². The molecule has 1 aliphatic rings. The van der Waals surface area contributed by atoms with Crippen molar-refractivity contribution < 1.29 is 14.7 Å². The fourth-order valence-corrected chi connectivity index (χ4v) is 2.74. The third-order valence-corrected chi connectivity index (χ3v) is 3.98. The van der Waals surface area contributed by atoms with Crippen LogP contribution < -0.4 is 5.32 Å². The molecule has 1 aromatic rings. The summed E-state index contributed by atoms with van der Waals surface area (Å²) in [6.45, 7) is 2.79. The van der Waals surface area contributed by atoms with Gasteiger partial charge < -0.3 is 15.3 Å². The van der Waals surface area contributed by atoms with E-state index < -0.39 is 12.0 Å². The number of nitrogens with zero attached hydrogens (tertiary/aromatic N) is 2. The van der Waals surface area contributed by atoms with Crippen LogP contribution in [0.25, 0.3) is 0 Å². The molecule has 18 heavy (non-hydrogen) atoms. The second-order valence-electron chi connectivity index (χ2n) is 4.21. The number of carbonyl (C=O) groups is 2. The van der Waals surface area contributed by atoms with Gasteiger partial charge >= 0.3 is 12.0 Å². The molecule has 1 fully saturated rings. The van der Waals surface area contributed by atoms with Crippen LogP contribution in [-0.4, -0.2) is 39.6 Å². The summed E-state index contributed by atoms with van der Waals surface area (Å²) in [4.78, 5) is 29.4.